The maximum absolute atomic E-state index is 12.7. The summed E-state index contributed by atoms with van der Waals surface area (Å²) >= 11 is 0. The third-order valence-electron chi connectivity index (χ3n) is 2.19. The van der Waals surface area contributed by atoms with Crippen LogP contribution in [0.5, 0.6) is 0 Å². The van der Waals surface area contributed by atoms with Crippen LogP contribution in [0.1, 0.15) is 12.6 Å². The molecule has 2 N–H and O–H groups in total. The minimum atomic E-state index is -0.341. The summed E-state index contributed by atoms with van der Waals surface area (Å²) in [6, 6.07) is 4.90. The lowest BCUT2D eigenvalue weighted by Gasteiger charge is -1.95. The molecule has 0 aliphatic rings. The lowest BCUT2D eigenvalue weighted by atomic mass is 10.2. The molecule has 5 heteroatoms. The zero-order valence-electron chi connectivity index (χ0n) is 9.00. The van der Waals surface area contributed by atoms with Crippen molar-refractivity contribution in [3.05, 3.63) is 35.9 Å². The summed E-state index contributed by atoms with van der Waals surface area (Å²) in [5, 5.41) is 10.2. The molecule has 0 radical (unpaired) electrons. The van der Waals surface area contributed by atoms with Gasteiger partial charge in [-0.1, -0.05) is 6.92 Å². The van der Waals surface area contributed by atoms with Crippen LogP contribution in [0, 0.1) is 5.82 Å². The van der Waals surface area contributed by atoms with Crippen LogP contribution in [0.25, 0.3) is 11.4 Å². The zero-order chi connectivity index (χ0) is 11.4. The summed E-state index contributed by atoms with van der Waals surface area (Å²) in [4.78, 5) is 3.96. The Balaban J connectivity index is 2.15. The fraction of sp³-hybridized carbons (Fsp3) is 0.273. The number of H-pyrrole nitrogens is 1. The Kier molecular flexibility index (Phi) is 3.26. The second-order valence-electron chi connectivity index (χ2n) is 3.42. The maximum atomic E-state index is 12.7. The van der Waals surface area contributed by atoms with Gasteiger partial charge < -0.3 is 5.32 Å². The molecule has 0 aliphatic carbocycles. The van der Waals surface area contributed by atoms with Gasteiger partial charge in [0.2, 0.25) is 0 Å². The largest absolute Gasteiger partial charge is 0.311 e. The van der Waals surface area contributed by atoms with Crippen molar-refractivity contribution in [2.45, 2.75) is 13.5 Å². The standard InChI is InChI=1S/C11H13FN4/c1-2-13-7-9-5-11(16-15-9)10-4-3-8(12)6-14-10/h3-6,13H,2,7H2,1H3,(H,15,16). The number of rotatable bonds is 4. The molecule has 0 spiro atoms. The monoisotopic (exact) mass is 220 g/mol. The van der Waals surface area contributed by atoms with Gasteiger partial charge in [0.05, 0.1) is 11.9 Å². The molecule has 84 valence electrons. The van der Waals surface area contributed by atoms with Gasteiger partial charge in [-0.15, -0.1) is 0 Å². The zero-order valence-corrected chi connectivity index (χ0v) is 9.00. The van der Waals surface area contributed by atoms with Crippen molar-refractivity contribution in [3.63, 3.8) is 0 Å². The lowest BCUT2D eigenvalue weighted by molar-refractivity contribution is 0.622. The molecule has 0 aliphatic heterocycles. The fourth-order valence-corrected chi connectivity index (χ4v) is 1.37. The molecule has 0 unspecified atom stereocenters. The van der Waals surface area contributed by atoms with Crippen LogP contribution in [0.2, 0.25) is 0 Å². The van der Waals surface area contributed by atoms with E-state index in [4.69, 9.17) is 0 Å². The Labute approximate surface area is 92.9 Å². The average Bonchev–Trinajstić information content (AvgIpc) is 2.76. The molecular weight excluding hydrogens is 207 g/mol. The van der Waals surface area contributed by atoms with Crippen LogP contribution in [0.3, 0.4) is 0 Å². The minimum Gasteiger partial charge on any atom is -0.311 e. The van der Waals surface area contributed by atoms with Crippen molar-refractivity contribution in [1.29, 1.82) is 0 Å². The van der Waals surface area contributed by atoms with Gasteiger partial charge in [0, 0.05) is 12.2 Å². The van der Waals surface area contributed by atoms with Crippen LogP contribution in [-0.4, -0.2) is 21.7 Å². The van der Waals surface area contributed by atoms with Crippen molar-refractivity contribution >= 4 is 0 Å². The van der Waals surface area contributed by atoms with Gasteiger partial charge in [-0.2, -0.15) is 5.10 Å². The van der Waals surface area contributed by atoms with E-state index in [1.165, 1.54) is 12.3 Å². The lowest BCUT2D eigenvalue weighted by Crippen LogP contribution is -2.11. The van der Waals surface area contributed by atoms with E-state index in [-0.39, 0.29) is 5.82 Å². The number of aromatic nitrogens is 3. The number of nitrogens with one attached hydrogen (secondary N) is 2. The predicted octanol–water partition coefficient (Wildman–Crippen LogP) is 1.72. The topological polar surface area (TPSA) is 53.6 Å². The molecule has 16 heavy (non-hydrogen) atoms. The first-order valence-electron chi connectivity index (χ1n) is 5.16. The second-order valence-corrected chi connectivity index (χ2v) is 3.42. The molecule has 0 saturated heterocycles. The third-order valence-corrected chi connectivity index (χ3v) is 2.19. The second kappa shape index (κ2) is 4.85. The van der Waals surface area contributed by atoms with Crippen molar-refractivity contribution in [3.8, 4) is 11.4 Å². The van der Waals surface area contributed by atoms with E-state index in [1.807, 2.05) is 13.0 Å². The molecular formula is C11H13FN4. The molecule has 0 fully saturated rings. The summed E-state index contributed by atoms with van der Waals surface area (Å²) in [6.07, 6.45) is 1.19. The Morgan fingerprint density at radius 2 is 2.25 bits per heavy atom. The molecule has 4 nitrogen and oxygen atoms in total. The first kappa shape index (κ1) is 10.8. The normalized spacial score (nSPS) is 10.6. The highest BCUT2D eigenvalue weighted by atomic mass is 19.1. The summed E-state index contributed by atoms with van der Waals surface area (Å²) in [5.41, 5.74) is 2.39. The molecule has 2 heterocycles. The van der Waals surface area contributed by atoms with Crippen LogP contribution >= 0.6 is 0 Å². The van der Waals surface area contributed by atoms with E-state index in [1.54, 1.807) is 6.07 Å². The Morgan fingerprint density at radius 1 is 1.38 bits per heavy atom. The first-order chi connectivity index (χ1) is 7.79. The van der Waals surface area contributed by atoms with Gasteiger partial charge in [0.15, 0.2) is 0 Å². The van der Waals surface area contributed by atoms with Crippen LogP contribution in [0.15, 0.2) is 24.4 Å². The van der Waals surface area contributed by atoms with Crippen molar-refractivity contribution in [2.24, 2.45) is 0 Å². The SMILES string of the molecule is CCNCc1cc(-c2ccc(F)cn2)n[nH]1. The highest BCUT2D eigenvalue weighted by Gasteiger charge is 2.04. The van der Waals surface area contributed by atoms with Crippen molar-refractivity contribution in [1.82, 2.24) is 20.5 Å². The summed E-state index contributed by atoms with van der Waals surface area (Å²) < 4.78 is 12.7. The molecule has 2 aromatic heterocycles. The van der Waals surface area contributed by atoms with Gasteiger partial charge in [-0.3, -0.25) is 10.1 Å². The van der Waals surface area contributed by atoms with Gasteiger partial charge >= 0.3 is 0 Å². The molecule has 0 aromatic carbocycles. The Bertz CT molecular complexity index is 449. The van der Waals surface area contributed by atoms with E-state index in [0.717, 1.165) is 24.5 Å². The van der Waals surface area contributed by atoms with Crippen LogP contribution in [0.4, 0.5) is 4.39 Å². The number of aromatic amines is 1. The Hall–Kier alpha value is -1.75. The molecule has 0 saturated carbocycles. The highest BCUT2D eigenvalue weighted by Crippen LogP contribution is 2.14. The van der Waals surface area contributed by atoms with E-state index >= 15 is 0 Å². The quantitative estimate of drug-likeness (QED) is 0.824. The van der Waals surface area contributed by atoms with E-state index in [0.29, 0.717) is 5.69 Å². The Morgan fingerprint density at radius 3 is 2.94 bits per heavy atom. The minimum absolute atomic E-state index is 0.341. The number of hydrogen-bond acceptors (Lipinski definition) is 3. The van der Waals surface area contributed by atoms with Gasteiger partial charge in [0.25, 0.3) is 0 Å². The molecule has 2 aromatic rings. The third kappa shape index (κ3) is 2.43. The van der Waals surface area contributed by atoms with E-state index < -0.39 is 0 Å². The number of halogens is 1. The fourth-order valence-electron chi connectivity index (χ4n) is 1.37. The van der Waals surface area contributed by atoms with Crippen molar-refractivity contribution < 1.29 is 4.39 Å². The number of pyridine rings is 1. The van der Waals surface area contributed by atoms with Gasteiger partial charge in [0.1, 0.15) is 11.5 Å². The summed E-state index contributed by atoms with van der Waals surface area (Å²) in [6.45, 7) is 3.69. The summed E-state index contributed by atoms with van der Waals surface area (Å²) in [7, 11) is 0. The molecule has 0 amide bonds. The van der Waals surface area contributed by atoms with E-state index in [2.05, 4.69) is 20.5 Å². The van der Waals surface area contributed by atoms with Crippen molar-refractivity contribution in [2.75, 3.05) is 6.54 Å². The van der Waals surface area contributed by atoms with Gasteiger partial charge in [-0.25, -0.2) is 4.39 Å². The van der Waals surface area contributed by atoms with Crippen LogP contribution in [-0.2, 0) is 6.54 Å². The summed E-state index contributed by atoms with van der Waals surface area (Å²) in [5.74, 6) is -0.341. The average molecular weight is 220 g/mol. The van der Waals surface area contributed by atoms with Gasteiger partial charge in [-0.05, 0) is 24.7 Å². The maximum Gasteiger partial charge on any atom is 0.141 e. The molecule has 0 atom stereocenters. The first-order valence-corrected chi connectivity index (χ1v) is 5.16. The smallest absolute Gasteiger partial charge is 0.141 e. The molecule has 0 bridgehead atoms. The number of nitrogens with zero attached hydrogens (tertiary/aromatic N) is 2. The molecule has 2 rings (SSSR count). The highest BCUT2D eigenvalue weighted by molar-refractivity contribution is 5.53. The van der Waals surface area contributed by atoms with Crippen LogP contribution < -0.4 is 5.32 Å². The predicted molar refractivity (Wildman–Crippen MR) is 59.2 cm³/mol. The number of hydrogen-bond donors (Lipinski definition) is 2. The van der Waals surface area contributed by atoms with E-state index in [9.17, 15) is 4.39 Å².